The number of piperidine rings is 1. The first-order valence-electron chi connectivity index (χ1n) is 11.6. The van der Waals surface area contributed by atoms with Crippen LogP contribution in [0.2, 0.25) is 0 Å². The molecule has 7 heteroatoms. The van der Waals surface area contributed by atoms with E-state index < -0.39 is 11.6 Å². The summed E-state index contributed by atoms with van der Waals surface area (Å²) in [6.45, 7) is 0.782. The zero-order valence-electron chi connectivity index (χ0n) is 18.3. The van der Waals surface area contributed by atoms with Crippen LogP contribution in [0, 0.1) is 23.4 Å². The summed E-state index contributed by atoms with van der Waals surface area (Å²) in [5.41, 5.74) is 2.34. The third kappa shape index (κ3) is 4.03. The molecule has 1 saturated carbocycles. The van der Waals surface area contributed by atoms with E-state index in [0.717, 1.165) is 37.4 Å². The molecule has 1 unspecified atom stereocenters. The molecule has 4 nitrogen and oxygen atoms in total. The molecule has 174 valence electrons. The summed E-state index contributed by atoms with van der Waals surface area (Å²) < 4.78 is 42.1. The second-order valence-electron chi connectivity index (χ2n) is 9.29. The highest BCUT2D eigenvalue weighted by atomic mass is 19.1. The topological polar surface area (TPSA) is 56.3 Å². The number of likely N-dealkylation sites (tertiary alicyclic amines) is 1. The van der Waals surface area contributed by atoms with Crippen LogP contribution < -0.4 is 0 Å². The smallest absolute Gasteiger partial charge is 0.225 e. The van der Waals surface area contributed by atoms with Crippen molar-refractivity contribution in [3.8, 4) is 11.3 Å². The normalized spacial score (nSPS) is 23.0. The van der Waals surface area contributed by atoms with Crippen LogP contribution in [-0.2, 0) is 4.79 Å². The van der Waals surface area contributed by atoms with Crippen LogP contribution in [0.15, 0.2) is 36.4 Å². The maximum absolute atomic E-state index is 14.6. The third-order valence-corrected chi connectivity index (χ3v) is 7.27. The lowest BCUT2D eigenvalue weighted by Gasteiger charge is -2.42. The Hall–Kier alpha value is -2.80. The van der Waals surface area contributed by atoms with Gasteiger partial charge in [-0.1, -0.05) is 0 Å². The number of aliphatic hydroxyl groups excluding tert-OH is 1. The number of aliphatic hydroxyl groups is 1. The van der Waals surface area contributed by atoms with Crippen molar-refractivity contribution in [2.75, 3.05) is 13.2 Å². The molecule has 1 aromatic heterocycles. The molecule has 1 saturated heterocycles. The predicted octanol–water partition coefficient (Wildman–Crippen LogP) is 5.51. The Labute approximate surface area is 190 Å². The second-order valence-corrected chi connectivity index (χ2v) is 9.29. The van der Waals surface area contributed by atoms with E-state index in [1.165, 1.54) is 18.2 Å². The first-order chi connectivity index (χ1) is 16.0. The number of amides is 1. The van der Waals surface area contributed by atoms with Crippen molar-refractivity contribution in [2.24, 2.45) is 5.92 Å². The molecule has 2 N–H and O–H groups in total. The summed E-state index contributed by atoms with van der Waals surface area (Å²) in [6.07, 6.45) is 4.74. The number of nitrogens with one attached hydrogen (secondary N) is 1. The number of rotatable bonds is 5. The van der Waals surface area contributed by atoms with Gasteiger partial charge < -0.3 is 15.0 Å². The second kappa shape index (κ2) is 8.86. The van der Waals surface area contributed by atoms with Crippen LogP contribution in [0.3, 0.4) is 0 Å². The molecule has 0 spiro atoms. The van der Waals surface area contributed by atoms with Gasteiger partial charge in [0.25, 0.3) is 0 Å². The number of benzene rings is 2. The number of hydrogen-bond acceptors (Lipinski definition) is 2. The highest BCUT2D eigenvalue weighted by Crippen LogP contribution is 2.49. The monoisotopic (exact) mass is 456 g/mol. The number of aromatic amines is 1. The fourth-order valence-electron chi connectivity index (χ4n) is 5.54. The fraction of sp³-hybridized carbons (Fsp3) is 0.423. The standard InChI is InChI=1S/C26H27F3N2O2/c27-18-6-4-15(5-7-18)24-23(21-13-19(28)14-22(29)25(21)30-24)16-11-17(12-16)26(33)31-9-2-1-3-20(31)8-10-32/h4-7,13-14,16-17,20,30,32H,1-3,8-12H2/t16-,17-,20?. The number of aromatic nitrogens is 1. The molecule has 33 heavy (non-hydrogen) atoms. The molecule has 0 bridgehead atoms. The van der Waals surface area contributed by atoms with Crippen molar-refractivity contribution < 1.29 is 23.1 Å². The molecule has 5 rings (SSSR count). The van der Waals surface area contributed by atoms with E-state index in [1.54, 1.807) is 12.1 Å². The highest BCUT2D eigenvalue weighted by molar-refractivity contribution is 5.92. The van der Waals surface area contributed by atoms with Gasteiger partial charge in [0.05, 0.1) is 11.2 Å². The Bertz CT molecular complexity index is 1170. The SMILES string of the molecule is O=C([C@H]1C[C@H](c2c(-c3ccc(F)cc3)[nH]c3c(F)cc(F)cc32)C1)N1CCCCC1CCO. The quantitative estimate of drug-likeness (QED) is 0.532. The van der Waals surface area contributed by atoms with Gasteiger partial charge in [-0.15, -0.1) is 0 Å². The number of carbonyl (C=O) groups excluding carboxylic acids is 1. The molecule has 3 aromatic rings. The molecule has 2 heterocycles. The summed E-state index contributed by atoms with van der Waals surface area (Å²) >= 11 is 0. The molecular weight excluding hydrogens is 429 g/mol. The molecule has 1 amide bonds. The van der Waals surface area contributed by atoms with Crippen LogP contribution in [0.25, 0.3) is 22.2 Å². The van der Waals surface area contributed by atoms with Gasteiger partial charge >= 0.3 is 0 Å². The minimum absolute atomic E-state index is 0.0324. The van der Waals surface area contributed by atoms with Crippen LogP contribution in [0.1, 0.15) is 50.0 Å². The summed E-state index contributed by atoms with van der Waals surface area (Å²) in [7, 11) is 0. The van der Waals surface area contributed by atoms with Gasteiger partial charge in [0.15, 0.2) is 0 Å². The maximum Gasteiger partial charge on any atom is 0.225 e. The number of fused-ring (bicyclic) bond motifs is 1. The van der Waals surface area contributed by atoms with Crippen molar-refractivity contribution in [3.05, 3.63) is 59.4 Å². The molecule has 1 aliphatic carbocycles. The summed E-state index contributed by atoms with van der Waals surface area (Å²) in [5, 5.41) is 9.84. The van der Waals surface area contributed by atoms with Crippen LogP contribution in [-0.4, -0.2) is 40.1 Å². The molecule has 2 fully saturated rings. The number of nitrogens with zero attached hydrogens (tertiary/aromatic N) is 1. The lowest BCUT2D eigenvalue weighted by Crippen LogP contribution is -2.49. The molecule has 1 aliphatic heterocycles. The molecule has 1 atom stereocenters. The number of hydrogen-bond donors (Lipinski definition) is 2. The lowest BCUT2D eigenvalue weighted by molar-refractivity contribution is -0.143. The number of halogens is 3. The third-order valence-electron chi connectivity index (χ3n) is 7.27. The van der Waals surface area contributed by atoms with Gasteiger partial charge in [-0.3, -0.25) is 4.79 Å². The van der Waals surface area contributed by atoms with Crippen molar-refractivity contribution >= 4 is 16.8 Å². The maximum atomic E-state index is 14.6. The van der Waals surface area contributed by atoms with Crippen molar-refractivity contribution in [1.82, 2.24) is 9.88 Å². The predicted molar refractivity (Wildman–Crippen MR) is 120 cm³/mol. The lowest BCUT2D eigenvalue weighted by atomic mass is 9.69. The highest BCUT2D eigenvalue weighted by Gasteiger charge is 2.41. The van der Waals surface area contributed by atoms with Gasteiger partial charge in [0.2, 0.25) is 5.91 Å². The van der Waals surface area contributed by atoms with Gasteiger partial charge in [-0.25, -0.2) is 13.2 Å². The summed E-state index contributed by atoms with van der Waals surface area (Å²) in [6, 6.07) is 8.18. The minimum atomic E-state index is -0.674. The summed E-state index contributed by atoms with van der Waals surface area (Å²) in [4.78, 5) is 18.2. The van der Waals surface area contributed by atoms with Crippen molar-refractivity contribution in [1.29, 1.82) is 0 Å². The van der Waals surface area contributed by atoms with Crippen LogP contribution in [0.5, 0.6) is 0 Å². The fourth-order valence-corrected chi connectivity index (χ4v) is 5.54. The van der Waals surface area contributed by atoms with Gasteiger partial charge in [0.1, 0.15) is 17.5 Å². The molecular formula is C26H27F3N2O2. The first-order valence-corrected chi connectivity index (χ1v) is 11.6. The van der Waals surface area contributed by atoms with E-state index in [9.17, 15) is 23.1 Å². The minimum Gasteiger partial charge on any atom is -0.396 e. The molecule has 2 aliphatic rings. The summed E-state index contributed by atoms with van der Waals surface area (Å²) in [5.74, 6) is -1.76. The van der Waals surface area contributed by atoms with E-state index in [0.29, 0.717) is 35.9 Å². The average Bonchev–Trinajstić information content (AvgIpc) is 3.13. The van der Waals surface area contributed by atoms with Crippen LogP contribution >= 0.6 is 0 Å². The zero-order chi connectivity index (χ0) is 23.1. The van der Waals surface area contributed by atoms with Gasteiger partial charge in [0, 0.05) is 36.6 Å². The number of carbonyl (C=O) groups is 1. The Morgan fingerprint density at radius 3 is 2.55 bits per heavy atom. The Balaban J connectivity index is 1.45. The largest absolute Gasteiger partial charge is 0.396 e. The van der Waals surface area contributed by atoms with E-state index in [1.807, 2.05) is 4.90 Å². The van der Waals surface area contributed by atoms with E-state index in [2.05, 4.69) is 4.98 Å². The van der Waals surface area contributed by atoms with E-state index in [4.69, 9.17) is 0 Å². The van der Waals surface area contributed by atoms with Crippen LogP contribution in [0.4, 0.5) is 13.2 Å². The Kier molecular flexibility index (Phi) is 5.91. The molecule has 0 radical (unpaired) electrons. The zero-order valence-corrected chi connectivity index (χ0v) is 18.3. The van der Waals surface area contributed by atoms with Gasteiger partial charge in [-0.05, 0) is 85.9 Å². The average molecular weight is 457 g/mol. The van der Waals surface area contributed by atoms with Gasteiger partial charge in [-0.2, -0.15) is 0 Å². The molecule has 2 aromatic carbocycles. The van der Waals surface area contributed by atoms with Crippen molar-refractivity contribution in [3.63, 3.8) is 0 Å². The Morgan fingerprint density at radius 1 is 1.06 bits per heavy atom. The van der Waals surface area contributed by atoms with E-state index in [-0.39, 0.29) is 41.7 Å². The number of H-pyrrole nitrogens is 1. The Morgan fingerprint density at radius 2 is 1.82 bits per heavy atom. The van der Waals surface area contributed by atoms with E-state index >= 15 is 0 Å². The van der Waals surface area contributed by atoms with Crippen molar-refractivity contribution in [2.45, 2.75) is 50.5 Å². The first kappa shape index (κ1) is 22.0.